The average molecular weight is 391 g/mol. The Morgan fingerprint density at radius 1 is 1.07 bits per heavy atom. The van der Waals surface area contributed by atoms with E-state index in [1.807, 2.05) is 0 Å². The van der Waals surface area contributed by atoms with Gasteiger partial charge in [0.05, 0.1) is 41.6 Å². The Kier molecular flexibility index (Phi) is 4.26. The Morgan fingerprint density at radius 2 is 1.90 bits per heavy atom. The molecule has 8 nitrogen and oxygen atoms in total. The van der Waals surface area contributed by atoms with Crippen molar-refractivity contribution in [1.82, 2.24) is 19.9 Å². The molecule has 148 valence electrons. The van der Waals surface area contributed by atoms with E-state index in [1.54, 1.807) is 30.7 Å². The Hall–Kier alpha value is -3.29. The number of H-pyrrole nitrogens is 2. The number of rotatable bonds is 4. The number of nitrogens with zero attached hydrogens (tertiary/aromatic N) is 3. The number of hydrogen-bond acceptors (Lipinski definition) is 5. The third-order valence-corrected chi connectivity index (χ3v) is 6.14. The van der Waals surface area contributed by atoms with Gasteiger partial charge in [-0.3, -0.25) is 19.3 Å². The number of fused-ring (bicyclic) bond motifs is 1. The highest BCUT2D eigenvalue weighted by Gasteiger charge is 2.53. The lowest BCUT2D eigenvalue weighted by atomic mass is 9.78. The number of aromatic amines is 2. The molecule has 2 aliphatic rings. The van der Waals surface area contributed by atoms with Gasteiger partial charge in [-0.15, -0.1) is 0 Å². The molecule has 2 aromatic heterocycles. The van der Waals surface area contributed by atoms with Crippen LogP contribution >= 0.6 is 0 Å². The molecule has 1 aliphatic heterocycles. The SMILES string of the molecule is O=C1C(=O)N(c2ccc3nc[nH]c3c2)C(c2cnc[nH]2)C1C(=O)C1CCCCC1. The first-order valence-corrected chi connectivity index (χ1v) is 9.97. The Morgan fingerprint density at radius 3 is 2.66 bits per heavy atom. The van der Waals surface area contributed by atoms with E-state index < -0.39 is 23.7 Å². The minimum absolute atomic E-state index is 0.118. The maximum atomic E-state index is 13.4. The molecule has 2 unspecified atom stereocenters. The van der Waals surface area contributed by atoms with Crippen molar-refractivity contribution in [1.29, 1.82) is 0 Å². The van der Waals surface area contributed by atoms with Crippen LogP contribution < -0.4 is 4.90 Å². The van der Waals surface area contributed by atoms with Crippen LogP contribution in [0.5, 0.6) is 0 Å². The van der Waals surface area contributed by atoms with E-state index in [0.29, 0.717) is 11.4 Å². The Balaban J connectivity index is 1.59. The highest BCUT2D eigenvalue weighted by molar-refractivity contribution is 6.48. The first kappa shape index (κ1) is 17.8. The van der Waals surface area contributed by atoms with Gasteiger partial charge in [-0.05, 0) is 31.0 Å². The van der Waals surface area contributed by atoms with Crippen LogP contribution in [0.25, 0.3) is 11.0 Å². The van der Waals surface area contributed by atoms with Crippen LogP contribution in [0.15, 0.2) is 37.1 Å². The van der Waals surface area contributed by atoms with Crippen LogP contribution in [-0.2, 0) is 14.4 Å². The lowest BCUT2D eigenvalue weighted by Gasteiger charge is -2.28. The van der Waals surface area contributed by atoms with Gasteiger partial charge in [0, 0.05) is 11.6 Å². The maximum Gasteiger partial charge on any atom is 0.295 e. The quantitative estimate of drug-likeness (QED) is 0.525. The molecule has 1 aromatic carbocycles. The lowest BCUT2D eigenvalue weighted by Crippen LogP contribution is -2.34. The van der Waals surface area contributed by atoms with Crippen LogP contribution in [-0.4, -0.2) is 37.4 Å². The molecule has 2 N–H and O–H groups in total. The zero-order chi connectivity index (χ0) is 20.0. The van der Waals surface area contributed by atoms with E-state index in [9.17, 15) is 14.4 Å². The standard InChI is InChI=1S/C21H21N5O3/c27-19(12-4-2-1-3-5-12)17-18(16-9-22-10-23-16)26(21(29)20(17)28)13-6-7-14-15(8-13)25-11-24-14/h6-12,17-18H,1-5H2,(H,22,23)(H,24,25). The molecule has 1 saturated heterocycles. The molecule has 29 heavy (non-hydrogen) atoms. The summed E-state index contributed by atoms with van der Waals surface area (Å²) in [6.45, 7) is 0. The second-order valence-electron chi connectivity index (χ2n) is 7.81. The van der Waals surface area contributed by atoms with Crippen molar-refractivity contribution in [3.05, 3.63) is 42.7 Å². The Bertz CT molecular complexity index is 1080. The number of carbonyl (C=O) groups excluding carboxylic acids is 3. The van der Waals surface area contributed by atoms with Crippen LogP contribution in [0.2, 0.25) is 0 Å². The number of ketones is 2. The summed E-state index contributed by atoms with van der Waals surface area (Å²) in [4.78, 5) is 55.2. The van der Waals surface area contributed by atoms with Gasteiger partial charge in [0.25, 0.3) is 5.91 Å². The highest BCUT2D eigenvalue weighted by Crippen LogP contribution is 2.42. The summed E-state index contributed by atoms with van der Waals surface area (Å²) in [6, 6.07) is 4.61. The molecule has 0 spiro atoms. The molecule has 8 heteroatoms. The predicted octanol–water partition coefficient (Wildman–Crippen LogP) is 2.71. The van der Waals surface area contributed by atoms with Crippen LogP contribution in [0.4, 0.5) is 5.69 Å². The topological polar surface area (TPSA) is 112 Å². The molecule has 3 heterocycles. The first-order chi connectivity index (χ1) is 14.1. The van der Waals surface area contributed by atoms with E-state index in [-0.39, 0.29) is 11.7 Å². The zero-order valence-corrected chi connectivity index (χ0v) is 15.8. The van der Waals surface area contributed by atoms with Crippen molar-refractivity contribution in [2.75, 3.05) is 4.90 Å². The van der Waals surface area contributed by atoms with E-state index >= 15 is 0 Å². The molecule has 2 fully saturated rings. The third kappa shape index (κ3) is 2.86. The summed E-state index contributed by atoms with van der Waals surface area (Å²) in [5, 5.41) is 0. The molecule has 5 rings (SSSR count). The largest absolute Gasteiger partial charge is 0.347 e. The van der Waals surface area contributed by atoms with Crippen molar-refractivity contribution >= 4 is 34.2 Å². The molecule has 2 atom stereocenters. The van der Waals surface area contributed by atoms with Crippen LogP contribution in [0.3, 0.4) is 0 Å². The molecule has 1 saturated carbocycles. The fraction of sp³-hybridized carbons (Fsp3) is 0.381. The second-order valence-corrected chi connectivity index (χ2v) is 7.81. The predicted molar refractivity (Wildman–Crippen MR) is 105 cm³/mol. The van der Waals surface area contributed by atoms with E-state index in [0.717, 1.165) is 43.1 Å². The van der Waals surface area contributed by atoms with Crippen LogP contribution in [0, 0.1) is 11.8 Å². The van der Waals surface area contributed by atoms with E-state index in [4.69, 9.17) is 0 Å². The number of imidazole rings is 2. The summed E-state index contributed by atoms with van der Waals surface area (Å²) in [5.74, 6) is -2.58. The number of amides is 1. The van der Waals surface area contributed by atoms with Crippen molar-refractivity contribution in [2.24, 2.45) is 11.8 Å². The second kappa shape index (κ2) is 6.95. The molecule has 3 aromatic rings. The van der Waals surface area contributed by atoms with Gasteiger partial charge in [0.15, 0.2) is 0 Å². The van der Waals surface area contributed by atoms with Gasteiger partial charge in [0.2, 0.25) is 5.78 Å². The fourth-order valence-corrected chi connectivity index (χ4v) is 4.69. The van der Waals surface area contributed by atoms with Gasteiger partial charge in [-0.2, -0.15) is 0 Å². The van der Waals surface area contributed by atoms with Crippen molar-refractivity contribution in [3.8, 4) is 0 Å². The van der Waals surface area contributed by atoms with Gasteiger partial charge < -0.3 is 9.97 Å². The number of nitrogens with one attached hydrogen (secondary N) is 2. The van der Waals surface area contributed by atoms with E-state index in [2.05, 4.69) is 19.9 Å². The lowest BCUT2D eigenvalue weighted by molar-refractivity contribution is -0.140. The van der Waals surface area contributed by atoms with Gasteiger partial charge in [0.1, 0.15) is 11.7 Å². The summed E-state index contributed by atoms with van der Waals surface area (Å²) in [6.07, 6.45) is 9.31. The number of aromatic nitrogens is 4. The van der Waals surface area contributed by atoms with Gasteiger partial charge in [-0.25, -0.2) is 9.97 Å². The molecule has 1 amide bonds. The normalized spacial score (nSPS) is 23.2. The molecule has 0 radical (unpaired) electrons. The highest BCUT2D eigenvalue weighted by atomic mass is 16.2. The van der Waals surface area contributed by atoms with Gasteiger partial charge in [-0.1, -0.05) is 19.3 Å². The average Bonchev–Trinajstić information content (AvgIpc) is 3.48. The summed E-state index contributed by atoms with van der Waals surface area (Å²) in [5.41, 5.74) is 2.66. The monoisotopic (exact) mass is 391 g/mol. The van der Waals surface area contributed by atoms with Crippen LogP contribution in [0.1, 0.15) is 43.8 Å². The first-order valence-electron chi connectivity index (χ1n) is 9.97. The zero-order valence-electron chi connectivity index (χ0n) is 15.8. The number of benzene rings is 1. The molecule has 1 aliphatic carbocycles. The molecular formula is C21H21N5O3. The van der Waals surface area contributed by atoms with Crippen molar-refractivity contribution in [3.63, 3.8) is 0 Å². The summed E-state index contributed by atoms with van der Waals surface area (Å²) in [7, 11) is 0. The maximum absolute atomic E-state index is 13.4. The summed E-state index contributed by atoms with van der Waals surface area (Å²) >= 11 is 0. The number of anilines is 1. The van der Waals surface area contributed by atoms with E-state index in [1.165, 1.54) is 11.2 Å². The fourth-order valence-electron chi connectivity index (χ4n) is 4.69. The minimum Gasteiger partial charge on any atom is -0.347 e. The third-order valence-electron chi connectivity index (χ3n) is 6.14. The van der Waals surface area contributed by atoms with Crippen molar-refractivity contribution < 1.29 is 14.4 Å². The molecular weight excluding hydrogens is 370 g/mol. The number of carbonyl (C=O) groups is 3. The molecule has 0 bridgehead atoms. The smallest absolute Gasteiger partial charge is 0.295 e. The van der Waals surface area contributed by atoms with Gasteiger partial charge >= 0.3 is 0 Å². The Labute approximate surface area is 166 Å². The summed E-state index contributed by atoms with van der Waals surface area (Å²) < 4.78 is 0. The number of hydrogen-bond donors (Lipinski definition) is 2. The minimum atomic E-state index is -1.01. The van der Waals surface area contributed by atoms with Crippen molar-refractivity contribution in [2.45, 2.75) is 38.1 Å². The number of Topliss-reactive ketones (excluding diaryl/α,β-unsaturated/α-hetero) is 2.